The van der Waals surface area contributed by atoms with E-state index in [2.05, 4.69) is 5.38 Å². The first kappa shape index (κ1) is 22.2. The largest absolute Gasteiger partial charge is 0.469 e. The first-order chi connectivity index (χ1) is 15.0. The Balaban J connectivity index is 1.51. The number of carbonyl (C=O) groups is 3. The molecule has 9 heteroatoms. The van der Waals surface area contributed by atoms with E-state index in [1.807, 2.05) is 4.90 Å². The molecular weight excluding hydrogens is 420 g/mol. The van der Waals surface area contributed by atoms with Gasteiger partial charge < -0.3 is 14.4 Å². The highest BCUT2D eigenvalue weighted by Gasteiger charge is 2.58. The third-order valence-corrected chi connectivity index (χ3v) is 7.93. The summed E-state index contributed by atoms with van der Waals surface area (Å²) in [4.78, 5) is 47.0. The second-order valence-corrected chi connectivity index (χ2v) is 9.35. The number of hydroxylamine groups is 2. The number of carbonyl (C=O) groups excluding carboxylic acids is 3. The van der Waals surface area contributed by atoms with Gasteiger partial charge in [-0.15, -0.1) is 11.3 Å². The number of likely N-dealkylation sites (tertiary alicyclic amines) is 1. The summed E-state index contributed by atoms with van der Waals surface area (Å²) in [6.07, 6.45) is 5.35. The van der Waals surface area contributed by atoms with Gasteiger partial charge in [0.2, 0.25) is 5.91 Å². The molecule has 2 fully saturated rings. The lowest BCUT2D eigenvalue weighted by Crippen LogP contribution is -2.58. The zero-order valence-electron chi connectivity index (χ0n) is 18.2. The zero-order chi connectivity index (χ0) is 22.0. The molecule has 8 nitrogen and oxygen atoms in total. The van der Waals surface area contributed by atoms with Crippen molar-refractivity contribution in [3.8, 4) is 0 Å². The molecule has 0 bridgehead atoms. The van der Waals surface area contributed by atoms with Gasteiger partial charge >= 0.3 is 5.97 Å². The highest BCUT2D eigenvalue weighted by Crippen LogP contribution is 2.45. The van der Waals surface area contributed by atoms with E-state index >= 15 is 0 Å². The van der Waals surface area contributed by atoms with Gasteiger partial charge in [-0.1, -0.05) is 0 Å². The average Bonchev–Trinajstić information content (AvgIpc) is 3.34. The monoisotopic (exact) mass is 450 g/mol. The predicted molar refractivity (Wildman–Crippen MR) is 114 cm³/mol. The summed E-state index contributed by atoms with van der Waals surface area (Å²) in [7, 11) is 2.91. The van der Waals surface area contributed by atoms with Crippen LogP contribution < -0.4 is 0 Å². The molecule has 0 radical (unpaired) electrons. The molecule has 1 aliphatic carbocycles. The molecule has 170 valence electrons. The molecule has 2 saturated heterocycles. The Hall–Kier alpha value is -1.97. The normalized spacial score (nSPS) is 22.6. The zero-order valence-corrected chi connectivity index (χ0v) is 19.0. The van der Waals surface area contributed by atoms with E-state index < -0.39 is 17.4 Å². The van der Waals surface area contributed by atoms with Gasteiger partial charge in [-0.2, -0.15) is 0 Å². The van der Waals surface area contributed by atoms with Crippen LogP contribution in [0.1, 0.15) is 52.9 Å². The van der Waals surface area contributed by atoms with Crippen molar-refractivity contribution in [2.45, 2.75) is 50.5 Å². The van der Waals surface area contributed by atoms with E-state index in [1.165, 1.54) is 29.7 Å². The number of ether oxygens (including phenoxy) is 2. The Morgan fingerprint density at radius 1 is 1.16 bits per heavy atom. The van der Waals surface area contributed by atoms with Crippen LogP contribution in [0.5, 0.6) is 0 Å². The minimum Gasteiger partial charge on any atom is -0.469 e. The quantitative estimate of drug-likeness (QED) is 0.488. The number of hydrogen-bond donors (Lipinski definition) is 0. The van der Waals surface area contributed by atoms with Crippen molar-refractivity contribution in [2.24, 2.45) is 5.92 Å². The average molecular weight is 451 g/mol. The van der Waals surface area contributed by atoms with Gasteiger partial charge in [0.1, 0.15) is 0 Å². The standard InChI is InChI=1S/C22H30N2O6S/c1-28-11-12-30-24-18(25)13-17(21(27)29-2)22(24)7-9-23(10-8-22)20(26)19-16-6-4-3-5-15(16)14-31-19/h14,17H,3-13H2,1-2H3. The molecule has 3 aliphatic rings. The van der Waals surface area contributed by atoms with Crippen LogP contribution in [0.3, 0.4) is 0 Å². The molecule has 4 rings (SSSR count). The number of nitrogens with zero attached hydrogens (tertiary/aromatic N) is 2. The van der Waals surface area contributed by atoms with Crippen molar-refractivity contribution in [3.63, 3.8) is 0 Å². The number of amides is 2. The van der Waals surface area contributed by atoms with E-state index in [0.717, 1.165) is 24.1 Å². The highest BCUT2D eigenvalue weighted by atomic mass is 32.1. The maximum atomic E-state index is 13.3. The molecule has 0 aromatic carbocycles. The van der Waals surface area contributed by atoms with Crippen LogP contribution in [0.25, 0.3) is 0 Å². The minimum absolute atomic E-state index is 0.0615. The van der Waals surface area contributed by atoms with Crippen LogP contribution in [-0.4, -0.2) is 73.8 Å². The molecule has 31 heavy (non-hydrogen) atoms. The maximum Gasteiger partial charge on any atom is 0.311 e. The third-order valence-electron chi connectivity index (χ3n) is 6.87. The number of hydrogen-bond acceptors (Lipinski definition) is 7. The second kappa shape index (κ2) is 9.26. The fourth-order valence-electron chi connectivity index (χ4n) is 5.19. The summed E-state index contributed by atoms with van der Waals surface area (Å²) in [6, 6.07) is 0. The molecule has 1 atom stereocenters. The molecular formula is C22H30N2O6S. The maximum absolute atomic E-state index is 13.3. The Labute approximate surface area is 186 Å². The third kappa shape index (κ3) is 3.99. The SMILES string of the molecule is COCCON1C(=O)CC(C(=O)OC)C12CCN(C(=O)c1scc3c1CCCC3)CC2. The molecule has 0 saturated carbocycles. The van der Waals surface area contributed by atoms with Gasteiger partial charge in [-0.25, -0.2) is 5.06 Å². The summed E-state index contributed by atoms with van der Waals surface area (Å²) in [5.41, 5.74) is 1.75. The summed E-state index contributed by atoms with van der Waals surface area (Å²) < 4.78 is 10.0. The summed E-state index contributed by atoms with van der Waals surface area (Å²) in [5.74, 6) is -1.16. The molecule has 1 aromatic rings. The fourth-order valence-corrected chi connectivity index (χ4v) is 6.31. The Bertz CT molecular complexity index is 845. The van der Waals surface area contributed by atoms with Crippen LogP contribution in [0, 0.1) is 5.92 Å². The lowest BCUT2D eigenvalue weighted by atomic mass is 9.77. The van der Waals surface area contributed by atoms with E-state index in [1.54, 1.807) is 18.4 Å². The Kier molecular flexibility index (Phi) is 6.64. The number of piperidine rings is 1. The second-order valence-electron chi connectivity index (χ2n) is 8.47. The number of fused-ring (bicyclic) bond motifs is 1. The van der Waals surface area contributed by atoms with Gasteiger partial charge in [0, 0.05) is 26.6 Å². The lowest BCUT2D eigenvalue weighted by Gasteiger charge is -2.45. The van der Waals surface area contributed by atoms with E-state index in [-0.39, 0.29) is 24.8 Å². The van der Waals surface area contributed by atoms with Gasteiger partial charge in [-0.3, -0.25) is 19.2 Å². The predicted octanol–water partition coefficient (Wildman–Crippen LogP) is 2.20. The Morgan fingerprint density at radius 3 is 2.61 bits per heavy atom. The topological polar surface area (TPSA) is 85.4 Å². The minimum atomic E-state index is -0.788. The van der Waals surface area contributed by atoms with Crippen LogP contribution in [0.15, 0.2) is 5.38 Å². The first-order valence-electron chi connectivity index (χ1n) is 10.9. The molecule has 2 amide bonds. The smallest absolute Gasteiger partial charge is 0.311 e. The number of thiophene rings is 1. The highest BCUT2D eigenvalue weighted by molar-refractivity contribution is 7.12. The Morgan fingerprint density at radius 2 is 1.90 bits per heavy atom. The van der Waals surface area contributed by atoms with Crippen molar-refractivity contribution >= 4 is 29.1 Å². The van der Waals surface area contributed by atoms with Crippen LogP contribution in [0.2, 0.25) is 0 Å². The fraction of sp³-hybridized carbons (Fsp3) is 0.682. The molecule has 1 aromatic heterocycles. The van der Waals surface area contributed by atoms with E-state index in [4.69, 9.17) is 14.3 Å². The van der Waals surface area contributed by atoms with Crippen LogP contribution in [0.4, 0.5) is 0 Å². The van der Waals surface area contributed by atoms with E-state index in [0.29, 0.717) is 32.5 Å². The molecule has 3 heterocycles. The van der Waals surface area contributed by atoms with Gasteiger partial charge in [0.15, 0.2) is 0 Å². The number of rotatable bonds is 6. The van der Waals surface area contributed by atoms with Gasteiger partial charge in [0.25, 0.3) is 5.91 Å². The number of esters is 1. The summed E-state index contributed by atoms with van der Waals surface area (Å²) in [6.45, 7) is 1.51. The van der Waals surface area contributed by atoms with Crippen LogP contribution >= 0.6 is 11.3 Å². The molecule has 1 unspecified atom stereocenters. The van der Waals surface area contributed by atoms with Crippen molar-refractivity contribution in [3.05, 3.63) is 21.4 Å². The van der Waals surface area contributed by atoms with Gasteiger partial charge in [0.05, 0.1) is 36.7 Å². The van der Waals surface area contributed by atoms with Crippen molar-refractivity contribution in [1.82, 2.24) is 9.96 Å². The summed E-state index contributed by atoms with van der Waals surface area (Å²) >= 11 is 1.55. The molecule has 0 N–H and O–H groups in total. The number of methoxy groups -OCH3 is 2. The molecule has 2 aliphatic heterocycles. The van der Waals surface area contributed by atoms with E-state index in [9.17, 15) is 14.4 Å². The van der Waals surface area contributed by atoms with Crippen LogP contribution in [-0.2, 0) is 36.7 Å². The van der Waals surface area contributed by atoms with Crippen molar-refractivity contribution in [2.75, 3.05) is 40.5 Å². The van der Waals surface area contributed by atoms with Crippen molar-refractivity contribution < 1.29 is 28.7 Å². The first-order valence-corrected chi connectivity index (χ1v) is 11.8. The summed E-state index contributed by atoms with van der Waals surface area (Å²) in [5, 5.41) is 3.50. The number of aryl methyl sites for hydroxylation is 1. The van der Waals surface area contributed by atoms with Gasteiger partial charge in [-0.05, 0) is 55.0 Å². The lowest BCUT2D eigenvalue weighted by molar-refractivity contribution is -0.226. The van der Waals surface area contributed by atoms with Crippen molar-refractivity contribution in [1.29, 1.82) is 0 Å². The molecule has 1 spiro atoms.